The smallest absolute Gasteiger partial charge is 0.253 e. The summed E-state index contributed by atoms with van der Waals surface area (Å²) in [6.07, 6.45) is 7.25. The van der Waals surface area contributed by atoms with E-state index in [2.05, 4.69) is 22.5 Å². The van der Waals surface area contributed by atoms with Crippen LogP contribution in [0.3, 0.4) is 0 Å². The third kappa shape index (κ3) is 4.30. The van der Waals surface area contributed by atoms with Crippen molar-refractivity contribution in [3.63, 3.8) is 0 Å². The van der Waals surface area contributed by atoms with Crippen molar-refractivity contribution in [3.05, 3.63) is 29.6 Å². The molecule has 1 saturated carbocycles. The molecular weight excluding hydrogens is 250 g/mol. The van der Waals surface area contributed by atoms with E-state index < -0.39 is 0 Å². The predicted molar refractivity (Wildman–Crippen MR) is 80.8 cm³/mol. The fourth-order valence-corrected chi connectivity index (χ4v) is 2.66. The van der Waals surface area contributed by atoms with E-state index in [0.29, 0.717) is 17.6 Å². The van der Waals surface area contributed by atoms with Crippen LogP contribution in [0, 0.1) is 6.92 Å². The lowest BCUT2D eigenvalue weighted by Crippen LogP contribution is -2.42. The summed E-state index contributed by atoms with van der Waals surface area (Å²) in [5, 5.41) is 6.68. The Balaban J connectivity index is 1.77. The number of carbonyl (C=O) groups excluding carboxylic acids is 1. The highest BCUT2D eigenvalue weighted by Gasteiger charge is 2.22. The lowest BCUT2D eigenvalue weighted by atomic mass is 9.91. The Morgan fingerprint density at radius 1 is 1.25 bits per heavy atom. The number of aryl methyl sites for hydroxylation is 1. The van der Waals surface area contributed by atoms with Crippen molar-refractivity contribution < 1.29 is 4.79 Å². The SMILES string of the molecule is CCCNC1CCC(NC(=O)c2ccc(C)nc2)CC1. The molecule has 110 valence electrons. The number of amides is 1. The molecule has 0 radical (unpaired) electrons. The van der Waals surface area contributed by atoms with Crippen LogP contribution in [0.5, 0.6) is 0 Å². The molecule has 2 rings (SSSR count). The van der Waals surface area contributed by atoms with Crippen LogP contribution in [0.1, 0.15) is 55.1 Å². The van der Waals surface area contributed by atoms with Gasteiger partial charge < -0.3 is 10.6 Å². The molecule has 1 aromatic rings. The second-order valence-electron chi connectivity index (χ2n) is 5.66. The lowest BCUT2D eigenvalue weighted by molar-refractivity contribution is 0.0924. The van der Waals surface area contributed by atoms with Crippen LogP contribution < -0.4 is 10.6 Å². The Morgan fingerprint density at radius 2 is 1.95 bits per heavy atom. The first-order chi connectivity index (χ1) is 9.69. The van der Waals surface area contributed by atoms with Crippen molar-refractivity contribution in [1.29, 1.82) is 0 Å². The van der Waals surface area contributed by atoms with Crippen molar-refractivity contribution >= 4 is 5.91 Å². The fourth-order valence-electron chi connectivity index (χ4n) is 2.66. The maximum Gasteiger partial charge on any atom is 0.253 e. The molecule has 4 heteroatoms. The van der Waals surface area contributed by atoms with Crippen molar-refractivity contribution in [3.8, 4) is 0 Å². The molecule has 1 fully saturated rings. The molecule has 0 spiro atoms. The van der Waals surface area contributed by atoms with Crippen LogP contribution in [-0.2, 0) is 0 Å². The van der Waals surface area contributed by atoms with E-state index >= 15 is 0 Å². The van der Waals surface area contributed by atoms with E-state index in [4.69, 9.17) is 0 Å². The highest BCUT2D eigenvalue weighted by Crippen LogP contribution is 2.19. The van der Waals surface area contributed by atoms with Gasteiger partial charge in [-0.05, 0) is 57.7 Å². The largest absolute Gasteiger partial charge is 0.349 e. The average Bonchev–Trinajstić information content (AvgIpc) is 2.47. The number of rotatable bonds is 5. The molecule has 1 aromatic heterocycles. The third-order valence-electron chi connectivity index (χ3n) is 3.92. The molecule has 1 aliphatic rings. The maximum absolute atomic E-state index is 12.1. The summed E-state index contributed by atoms with van der Waals surface area (Å²) in [5.74, 6) is 0.00228. The molecule has 0 unspecified atom stereocenters. The van der Waals surface area contributed by atoms with Gasteiger partial charge in [0.15, 0.2) is 0 Å². The van der Waals surface area contributed by atoms with Crippen LogP contribution in [-0.4, -0.2) is 29.5 Å². The van der Waals surface area contributed by atoms with Gasteiger partial charge in [-0.15, -0.1) is 0 Å². The van der Waals surface area contributed by atoms with Crippen LogP contribution >= 0.6 is 0 Å². The number of hydrogen-bond donors (Lipinski definition) is 2. The molecule has 1 amide bonds. The molecule has 4 nitrogen and oxygen atoms in total. The fraction of sp³-hybridized carbons (Fsp3) is 0.625. The molecule has 0 aliphatic heterocycles. The Morgan fingerprint density at radius 3 is 2.55 bits per heavy atom. The first-order valence-corrected chi connectivity index (χ1v) is 7.66. The minimum atomic E-state index is 0.00228. The van der Waals surface area contributed by atoms with Gasteiger partial charge in [-0.1, -0.05) is 6.92 Å². The number of hydrogen-bond acceptors (Lipinski definition) is 3. The molecule has 0 atom stereocenters. The zero-order valence-electron chi connectivity index (χ0n) is 12.5. The second-order valence-corrected chi connectivity index (χ2v) is 5.66. The number of nitrogens with one attached hydrogen (secondary N) is 2. The van der Waals surface area contributed by atoms with Gasteiger partial charge in [-0.3, -0.25) is 9.78 Å². The quantitative estimate of drug-likeness (QED) is 0.868. The highest BCUT2D eigenvalue weighted by atomic mass is 16.1. The van der Waals surface area contributed by atoms with Crippen LogP contribution in [0.4, 0.5) is 0 Å². The van der Waals surface area contributed by atoms with Gasteiger partial charge in [0.2, 0.25) is 0 Å². The average molecular weight is 275 g/mol. The summed E-state index contributed by atoms with van der Waals surface area (Å²) < 4.78 is 0. The van der Waals surface area contributed by atoms with Crippen molar-refractivity contribution in [2.45, 2.75) is 58.0 Å². The van der Waals surface area contributed by atoms with E-state index in [1.807, 2.05) is 19.1 Å². The van der Waals surface area contributed by atoms with E-state index in [0.717, 1.165) is 37.9 Å². The van der Waals surface area contributed by atoms with Gasteiger partial charge in [0, 0.05) is 24.0 Å². The summed E-state index contributed by atoms with van der Waals surface area (Å²) in [6.45, 7) is 5.21. The Hall–Kier alpha value is -1.42. The Labute approximate surface area is 121 Å². The predicted octanol–water partition coefficient (Wildman–Crippen LogP) is 2.43. The van der Waals surface area contributed by atoms with E-state index in [9.17, 15) is 4.79 Å². The topological polar surface area (TPSA) is 54.0 Å². The lowest BCUT2D eigenvalue weighted by Gasteiger charge is -2.29. The number of pyridine rings is 1. The summed E-state index contributed by atoms with van der Waals surface area (Å²) in [4.78, 5) is 16.3. The van der Waals surface area contributed by atoms with Gasteiger partial charge in [-0.25, -0.2) is 0 Å². The number of nitrogens with zero attached hydrogens (tertiary/aromatic N) is 1. The summed E-state index contributed by atoms with van der Waals surface area (Å²) >= 11 is 0. The Kier molecular flexibility index (Phi) is 5.53. The van der Waals surface area contributed by atoms with E-state index in [1.165, 1.54) is 6.42 Å². The van der Waals surface area contributed by atoms with Crippen molar-refractivity contribution in [2.24, 2.45) is 0 Å². The molecule has 0 saturated heterocycles. The molecule has 1 aliphatic carbocycles. The van der Waals surface area contributed by atoms with E-state index in [1.54, 1.807) is 6.20 Å². The van der Waals surface area contributed by atoms with Crippen LogP contribution in [0.25, 0.3) is 0 Å². The van der Waals surface area contributed by atoms with E-state index in [-0.39, 0.29) is 5.91 Å². The minimum Gasteiger partial charge on any atom is -0.349 e. The van der Waals surface area contributed by atoms with Gasteiger partial charge >= 0.3 is 0 Å². The minimum absolute atomic E-state index is 0.00228. The van der Waals surface area contributed by atoms with Crippen LogP contribution in [0.2, 0.25) is 0 Å². The molecule has 20 heavy (non-hydrogen) atoms. The van der Waals surface area contributed by atoms with Crippen LogP contribution in [0.15, 0.2) is 18.3 Å². The standard InChI is InChI=1S/C16H25N3O/c1-3-10-17-14-6-8-15(9-7-14)19-16(20)13-5-4-12(2)18-11-13/h4-5,11,14-15,17H,3,6-10H2,1-2H3,(H,19,20). The molecule has 0 bridgehead atoms. The third-order valence-corrected chi connectivity index (χ3v) is 3.92. The van der Waals surface area contributed by atoms with Gasteiger partial charge in [-0.2, -0.15) is 0 Å². The van der Waals surface area contributed by atoms with Gasteiger partial charge in [0.25, 0.3) is 5.91 Å². The first kappa shape index (κ1) is 15.0. The normalized spacial score (nSPS) is 22.5. The molecule has 1 heterocycles. The van der Waals surface area contributed by atoms with Gasteiger partial charge in [0.05, 0.1) is 5.56 Å². The number of aromatic nitrogens is 1. The molecule has 0 aromatic carbocycles. The summed E-state index contributed by atoms with van der Waals surface area (Å²) in [5.41, 5.74) is 1.59. The molecular formula is C16H25N3O. The van der Waals surface area contributed by atoms with Crippen molar-refractivity contribution in [1.82, 2.24) is 15.6 Å². The molecule has 2 N–H and O–H groups in total. The highest BCUT2D eigenvalue weighted by molar-refractivity contribution is 5.94. The maximum atomic E-state index is 12.1. The zero-order valence-corrected chi connectivity index (χ0v) is 12.5. The number of carbonyl (C=O) groups is 1. The first-order valence-electron chi connectivity index (χ1n) is 7.66. The second kappa shape index (κ2) is 7.39. The summed E-state index contributed by atoms with van der Waals surface area (Å²) in [7, 11) is 0. The van der Waals surface area contributed by atoms with Crippen molar-refractivity contribution in [2.75, 3.05) is 6.54 Å². The van der Waals surface area contributed by atoms with Gasteiger partial charge in [0.1, 0.15) is 0 Å². The zero-order chi connectivity index (χ0) is 14.4. The Bertz CT molecular complexity index is 422. The monoisotopic (exact) mass is 275 g/mol. The summed E-state index contributed by atoms with van der Waals surface area (Å²) in [6, 6.07) is 4.65.